The largest absolute Gasteiger partial charge is 0.462 e. The third-order valence-corrected chi connectivity index (χ3v) is 3.57. The second-order valence-corrected chi connectivity index (χ2v) is 5.22. The topological polar surface area (TPSA) is 108 Å². The van der Waals surface area contributed by atoms with E-state index < -0.39 is 10.9 Å². The molecule has 3 rings (SSSR count). The number of hydrogen-bond donors (Lipinski definition) is 0. The molecule has 0 radical (unpaired) electrons. The van der Waals surface area contributed by atoms with Gasteiger partial charge in [0.25, 0.3) is 5.69 Å². The smallest absolute Gasteiger partial charge is 0.341 e. The van der Waals surface area contributed by atoms with E-state index in [9.17, 15) is 14.9 Å². The third-order valence-electron chi connectivity index (χ3n) is 3.57. The SMILES string of the molecule is CCOC(=O)c1cnc(-c2ccncc2)nc1-c1ccc([N+](=O)[O-])cc1. The number of carbonyl (C=O) groups is 1. The molecule has 26 heavy (non-hydrogen) atoms. The van der Waals surface area contributed by atoms with Gasteiger partial charge >= 0.3 is 5.97 Å². The molecule has 0 aliphatic heterocycles. The monoisotopic (exact) mass is 350 g/mol. The predicted molar refractivity (Wildman–Crippen MR) is 93.3 cm³/mol. The van der Waals surface area contributed by atoms with Gasteiger partial charge in [-0.2, -0.15) is 0 Å². The number of carbonyl (C=O) groups excluding carboxylic acids is 1. The molecule has 0 saturated heterocycles. The van der Waals surface area contributed by atoms with Crippen molar-refractivity contribution in [3.63, 3.8) is 0 Å². The van der Waals surface area contributed by atoms with Crippen LogP contribution >= 0.6 is 0 Å². The Bertz CT molecular complexity index is 943. The molecule has 0 bridgehead atoms. The van der Waals surface area contributed by atoms with E-state index in [0.29, 0.717) is 17.1 Å². The normalized spacial score (nSPS) is 10.3. The van der Waals surface area contributed by atoms with Gasteiger partial charge in [0.1, 0.15) is 5.56 Å². The molecule has 0 unspecified atom stereocenters. The van der Waals surface area contributed by atoms with Gasteiger partial charge in [0, 0.05) is 41.9 Å². The Kier molecular flexibility index (Phi) is 4.93. The van der Waals surface area contributed by atoms with E-state index in [1.807, 2.05) is 0 Å². The van der Waals surface area contributed by atoms with Crippen LogP contribution in [-0.4, -0.2) is 32.5 Å². The predicted octanol–water partition coefficient (Wildman–Crippen LogP) is 3.29. The van der Waals surface area contributed by atoms with E-state index in [1.165, 1.54) is 18.3 Å². The minimum Gasteiger partial charge on any atom is -0.462 e. The molecular formula is C18H14N4O4. The number of nitro benzene ring substituents is 1. The fourth-order valence-electron chi connectivity index (χ4n) is 2.34. The van der Waals surface area contributed by atoms with Gasteiger partial charge in [0.05, 0.1) is 17.2 Å². The summed E-state index contributed by atoms with van der Waals surface area (Å²) >= 11 is 0. The summed E-state index contributed by atoms with van der Waals surface area (Å²) in [5.74, 6) is -0.143. The lowest BCUT2D eigenvalue weighted by atomic mass is 10.1. The van der Waals surface area contributed by atoms with Crippen molar-refractivity contribution >= 4 is 11.7 Å². The summed E-state index contributed by atoms with van der Waals surface area (Å²) < 4.78 is 5.06. The first-order valence-electron chi connectivity index (χ1n) is 7.79. The van der Waals surface area contributed by atoms with E-state index >= 15 is 0 Å². The maximum Gasteiger partial charge on any atom is 0.341 e. The lowest BCUT2D eigenvalue weighted by Gasteiger charge is -2.10. The van der Waals surface area contributed by atoms with Crippen molar-refractivity contribution in [1.82, 2.24) is 15.0 Å². The standard InChI is InChI=1S/C18H14N4O4/c1-2-26-18(23)15-11-20-17(13-7-9-19-10-8-13)21-16(15)12-3-5-14(6-4-12)22(24)25/h3-11H,2H2,1H3. The van der Waals surface area contributed by atoms with Crippen molar-refractivity contribution in [3.05, 3.63) is 70.7 Å². The van der Waals surface area contributed by atoms with Crippen LogP contribution in [0.3, 0.4) is 0 Å². The Balaban J connectivity index is 2.12. The van der Waals surface area contributed by atoms with E-state index in [4.69, 9.17) is 4.74 Å². The molecule has 0 atom stereocenters. The Morgan fingerprint density at radius 1 is 1.12 bits per heavy atom. The summed E-state index contributed by atoms with van der Waals surface area (Å²) in [6, 6.07) is 9.30. The summed E-state index contributed by atoms with van der Waals surface area (Å²) in [6.07, 6.45) is 4.63. The Morgan fingerprint density at radius 3 is 2.42 bits per heavy atom. The van der Waals surface area contributed by atoms with Gasteiger partial charge in [-0.1, -0.05) is 0 Å². The summed E-state index contributed by atoms with van der Waals surface area (Å²) in [4.78, 5) is 35.3. The highest BCUT2D eigenvalue weighted by Crippen LogP contribution is 2.26. The van der Waals surface area contributed by atoms with Crippen LogP contribution in [0.4, 0.5) is 5.69 Å². The third kappa shape index (κ3) is 3.54. The number of hydrogen-bond acceptors (Lipinski definition) is 7. The van der Waals surface area contributed by atoms with Crippen LogP contribution in [-0.2, 0) is 4.74 Å². The average molecular weight is 350 g/mol. The maximum absolute atomic E-state index is 12.2. The Hall–Kier alpha value is -3.68. The molecule has 3 aromatic rings. The van der Waals surface area contributed by atoms with Crippen LogP contribution in [0.25, 0.3) is 22.6 Å². The average Bonchev–Trinajstić information content (AvgIpc) is 2.68. The minimum absolute atomic E-state index is 0.0464. The van der Waals surface area contributed by atoms with Crippen molar-refractivity contribution in [2.24, 2.45) is 0 Å². The molecule has 0 fully saturated rings. The lowest BCUT2D eigenvalue weighted by molar-refractivity contribution is -0.384. The number of nitro groups is 1. The molecule has 8 nitrogen and oxygen atoms in total. The quantitative estimate of drug-likeness (QED) is 0.394. The summed E-state index contributed by atoms with van der Waals surface area (Å²) in [6.45, 7) is 1.92. The van der Waals surface area contributed by atoms with Crippen LogP contribution in [0.1, 0.15) is 17.3 Å². The maximum atomic E-state index is 12.2. The molecule has 2 aromatic heterocycles. The van der Waals surface area contributed by atoms with Crippen molar-refractivity contribution in [2.45, 2.75) is 6.92 Å². The molecule has 0 N–H and O–H groups in total. The first kappa shape index (κ1) is 17.2. The van der Waals surface area contributed by atoms with Gasteiger partial charge in [-0.3, -0.25) is 15.1 Å². The fourth-order valence-corrected chi connectivity index (χ4v) is 2.34. The van der Waals surface area contributed by atoms with Gasteiger partial charge < -0.3 is 4.74 Å². The molecule has 2 heterocycles. The summed E-state index contributed by atoms with van der Waals surface area (Å²) in [5, 5.41) is 10.8. The molecule has 1 aromatic carbocycles. The van der Waals surface area contributed by atoms with E-state index in [1.54, 1.807) is 43.6 Å². The first-order valence-corrected chi connectivity index (χ1v) is 7.79. The highest BCUT2D eigenvalue weighted by Gasteiger charge is 2.18. The number of nitrogens with zero attached hydrogens (tertiary/aromatic N) is 4. The minimum atomic E-state index is -0.554. The number of aromatic nitrogens is 3. The number of ether oxygens (including phenoxy) is 1. The number of benzene rings is 1. The van der Waals surface area contributed by atoms with Crippen LogP contribution < -0.4 is 0 Å². The first-order chi connectivity index (χ1) is 12.6. The van der Waals surface area contributed by atoms with Crippen LogP contribution in [0.15, 0.2) is 55.0 Å². The summed E-state index contributed by atoms with van der Waals surface area (Å²) in [7, 11) is 0. The fraction of sp³-hybridized carbons (Fsp3) is 0.111. The zero-order valence-corrected chi connectivity index (χ0v) is 13.8. The number of pyridine rings is 1. The van der Waals surface area contributed by atoms with Crippen LogP contribution in [0.2, 0.25) is 0 Å². The van der Waals surface area contributed by atoms with Gasteiger partial charge in [-0.05, 0) is 31.2 Å². The van der Waals surface area contributed by atoms with Crippen LogP contribution in [0.5, 0.6) is 0 Å². The zero-order valence-electron chi connectivity index (χ0n) is 13.8. The molecule has 0 saturated carbocycles. The molecular weight excluding hydrogens is 336 g/mol. The summed E-state index contributed by atoms with van der Waals surface area (Å²) in [5.41, 5.74) is 1.78. The highest BCUT2D eigenvalue weighted by molar-refractivity contribution is 5.96. The second kappa shape index (κ2) is 7.47. The van der Waals surface area contributed by atoms with Gasteiger partial charge in [0.15, 0.2) is 5.82 Å². The van der Waals surface area contributed by atoms with Crippen molar-refractivity contribution < 1.29 is 14.5 Å². The molecule has 0 amide bonds. The number of non-ortho nitro benzene ring substituents is 1. The molecule has 130 valence electrons. The van der Waals surface area contributed by atoms with E-state index in [2.05, 4.69) is 15.0 Å². The van der Waals surface area contributed by atoms with Gasteiger partial charge in [0.2, 0.25) is 0 Å². The van der Waals surface area contributed by atoms with E-state index in [-0.39, 0.29) is 17.9 Å². The van der Waals surface area contributed by atoms with Crippen LogP contribution in [0, 0.1) is 10.1 Å². The number of rotatable bonds is 5. The van der Waals surface area contributed by atoms with Gasteiger partial charge in [-0.25, -0.2) is 14.8 Å². The van der Waals surface area contributed by atoms with Gasteiger partial charge in [-0.15, -0.1) is 0 Å². The second-order valence-electron chi connectivity index (χ2n) is 5.22. The molecule has 8 heteroatoms. The molecule has 0 aliphatic carbocycles. The highest BCUT2D eigenvalue weighted by atomic mass is 16.6. The number of esters is 1. The van der Waals surface area contributed by atoms with Crippen molar-refractivity contribution in [3.8, 4) is 22.6 Å². The Morgan fingerprint density at radius 2 is 1.81 bits per heavy atom. The van der Waals surface area contributed by atoms with Crippen molar-refractivity contribution in [1.29, 1.82) is 0 Å². The van der Waals surface area contributed by atoms with E-state index in [0.717, 1.165) is 5.56 Å². The zero-order chi connectivity index (χ0) is 18.5. The molecule has 0 spiro atoms. The Labute approximate surface area is 148 Å². The lowest BCUT2D eigenvalue weighted by Crippen LogP contribution is -2.09. The molecule has 0 aliphatic rings. The van der Waals surface area contributed by atoms with Crippen molar-refractivity contribution in [2.75, 3.05) is 6.61 Å².